The lowest BCUT2D eigenvalue weighted by Gasteiger charge is -2.24. The van der Waals surface area contributed by atoms with Gasteiger partial charge in [-0.2, -0.15) is 0 Å². The molecule has 0 aliphatic carbocycles. The molecule has 0 heterocycles. The minimum Gasteiger partial charge on any atom is -0.480 e. The van der Waals surface area contributed by atoms with Crippen LogP contribution in [0.25, 0.3) is 0 Å². The van der Waals surface area contributed by atoms with Crippen LogP contribution in [0.3, 0.4) is 0 Å². The van der Waals surface area contributed by atoms with Crippen molar-refractivity contribution in [2.24, 2.45) is 11.8 Å². The molecule has 2 unspecified atom stereocenters. The zero-order chi connectivity index (χ0) is 21.7. The molecule has 0 aromatic carbocycles. The van der Waals surface area contributed by atoms with E-state index in [-0.39, 0.29) is 6.54 Å². The van der Waals surface area contributed by atoms with Crippen LogP contribution in [-0.4, -0.2) is 35.6 Å². The van der Waals surface area contributed by atoms with Gasteiger partial charge in [-0.15, -0.1) is 0 Å². The molecule has 0 aromatic rings. The van der Waals surface area contributed by atoms with Gasteiger partial charge < -0.3 is 5.11 Å². The monoisotopic (exact) mass is 407 g/mol. The first-order chi connectivity index (χ1) is 14.0. The highest BCUT2D eigenvalue weighted by molar-refractivity contribution is 5.69. The van der Waals surface area contributed by atoms with Crippen molar-refractivity contribution < 1.29 is 9.90 Å². The molecule has 0 radical (unpaired) electrons. The number of aliphatic carboxylic acids is 1. The largest absolute Gasteiger partial charge is 0.480 e. The number of rotatable bonds is 20. The van der Waals surface area contributed by atoms with Crippen LogP contribution >= 0.6 is 0 Å². The number of nitrogens with zero attached hydrogens (tertiary/aromatic N) is 1. The van der Waals surface area contributed by atoms with Gasteiger partial charge >= 0.3 is 5.97 Å². The van der Waals surface area contributed by atoms with Crippen molar-refractivity contribution in [3.8, 4) is 0 Å². The highest BCUT2D eigenvalue weighted by atomic mass is 16.4. The second-order valence-corrected chi connectivity index (χ2v) is 8.79. The Morgan fingerprint density at radius 1 is 0.759 bits per heavy atom. The molecule has 0 aromatic heterocycles. The first-order valence-corrected chi connectivity index (χ1v) is 12.2. The van der Waals surface area contributed by atoms with Crippen molar-refractivity contribution in [1.29, 1.82) is 0 Å². The minimum absolute atomic E-state index is 0.184. The van der Waals surface area contributed by atoms with Crippen LogP contribution in [0.15, 0.2) is 24.3 Å². The second-order valence-electron chi connectivity index (χ2n) is 8.79. The Morgan fingerprint density at radius 3 is 1.59 bits per heavy atom. The Kier molecular flexibility index (Phi) is 19.4. The molecule has 3 nitrogen and oxygen atoms in total. The average molecular weight is 408 g/mol. The van der Waals surface area contributed by atoms with Gasteiger partial charge in [0.15, 0.2) is 0 Å². The Balaban J connectivity index is 4.01. The SMILES string of the molecule is CC/C=C/CCCCC(C)CCN(CCC(C)CCCC/C=C/CC)CC(=O)O. The summed E-state index contributed by atoms with van der Waals surface area (Å²) in [6.07, 6.45) is 23.5. The predicted molar refractivity (Wildman–Crippen MR) is 127 cm³/mol. The molecular weight excluding hydrogens is 358 g/mol. The predicted octanol–water partition coefficient (Wildman–Crippen LogP) is 7.48. The van der Waals surface area contributed by atoms with Gasteiger partial charge in [0.2, 0.25) is 0 Å². The van der Waals surface area contributed by atoms with E-state index in [0.29, 0.717) is 11.8 Å². The lowest BCUT2D eigenvalue weighted by molar-refractivity contribution is -0.138. The maximum absolute atomic E-state index is 11.2. The number of carboxylic acids is 1. The van der Waals surface area contributed by atoms with Crippen molar-refractivity contribution in [2.75, 3.05) is 19.6 Å². The van der Waals surface area contributed by atoms with Crippen LogP contribution in [0.2, 0.25) is 0 Å². The number of hydrogen-bond acceptors (Lipinski definition) is 2. The van der Waals surface area contributed by atoms with E-state index in [1.54, 1.807) is 0 Å². The smallest absolute Gasteiger partial charge is 0.317 e. The molecule has 2 atom stereocenters. The third-order valence-electron chi connectivity index (χ3n) is 5.68. The van der Waals surface area contributed by atoms with Crippen molar-refractivity contribution >= 4 is 5.97 Å². The molecule has 0 bridgehead atoms. The summed E-state index contributed by atoms with van der Waals surface area (Å²) in [4.78, 5) is 13.4. The Bertz CT molecular complexity index is 398. The summed E-state index contributed by atoms with van der Waals surface area (Å²) in [5.74, 6) is 0.654. The molecule has 0 aliphatic rings. The molecular formula is C26H49NO2. The summed E-state index contributed by atoms with van der Waals surface area (Å²) in [7, 11) is 0. The van der Waals surface area contributed by atoms with Gasteiger partial charge in [0, 0.05) is 0 Å². The van der Waals surface area contributed by atoms with Crippen LogP contribution < -0.4 is 0 Å². The normalized spacial score (nSPS) is 14.2. The number of carboxylic acid groups (broad SMARTS) is 1. The standard InChI is InChI=1S/C26H49NO2/c1-5-7-9-11-13-15-17-24(3)19-21-27(23-26(28)29)22-20-25(4)18-16-14-12-10-8-6-2/h7-10,24-25H,5-6,11-23H2,1-4H3,(H,28,29)/b9-7+,10-8+. The molecule has 170 valence electrons. The fourth-order valence-corrected chi connectivity index (χ4v) is 3.63. The van der Waals surface area contributed by atoms with Crippen LogP contribution in [0.4, 0.5) is 0 Å². The van der Waals surface area contributed by atoms with Gasteiger partial charge in [0.05, 0.1) is 6.54 Å². The topological polar surface area (TPSA) is 40.5 Å². The summed E-state index contributed by atoms with van der Waals surface area (Å²) in [5.41, 5.74) is 0. The molecule has 0 spiro atoms. The lowest BCUT2D eigenvalue weighted by Crippen LogP contribution is -2.33. The molecule has 3 heteroatoms. The van der Waals surface area contributed by atoms with Gasteiger partial charge in [-0.05, 0) is 76.3 Å². The third kappa shape index (κ3) is 20.0. The van der Waals surface area contributed by atoms with Crippen LogP contribution in [0, 0.1) is 11.8 Å². The van der Waals surface area contributed by atoms with E-state index in [4.69, 9.17) is 0 Å². The van der Waals surface area contributed by atoms with E-state index >= 15 is 0 Å². The second kappa shape index (κ2) is 20.2. The fourth-order valence-electron chi connectivity index (χ4n) is 3.63. The van der Waals surface area contributed by atoms with Crippen molar-refractivity contribution in [3.63, 3.8) is 0 Å². The van der Waals surface area contributed by atoms with Gasteiger partial charge in [-0.25, -0.2) is 0 Å². The zero-order valence-corrected chi connectivity index (χ0v) is 19.9. The first kappa shape index (κ1) is 27.9. The fraction of sp³-hybridized carbons (Fsp3) is 0.808. The first-order valence-electron chi connectivity index (χ1n) is 12.2. The zero-order valence-electron chi connectivity index (χ0n) is 19.9. The van der Waals surface area contributed by atoms with Crippen molar-refractivity contribution in [1.82, 2.24) is 4.90 Å². The number of allylic oxidation sites excluding steroid dienone is 4. The van der Waals surface area contributed by atoms with E-state index in [1.807, 2.05) is 0 Å². The highest BCUT2D eigenvalue weighted by Gasteiger charge is 2.13. The quantitative estimate of drug-likeness (QED) is 0.168. The van der Waals surface area contributed by atoms with Crippen molar-refractivity contribution in [2.45, 2.75) is 105 Å². The van der Waals surface area contributed by atoms with E-state index in [2.05, 4.69) is 56.9 Å². The average Bonchev–Trinajstić information content (AvgIpc) is 2.69. The highest BCUT2D eigenvalue weighted by Crippen LogP contribution is 2.17. The molecule has 0 rings (SSSR count). The van der Waals surface area contributed by atoms with Crippen molar-refractivity contribution in [3.05, 3.63) is 24.3 Å². The maximum Gasteiger partial charge on any atom is 0.317 e. The summed E-state index contributed by atoms with van der Waals surface area (Å²) in [5, 5.41) is 9.25. The molecule has 0 fully saturated rings. The van der Waals surface area contributed by atoms with Crippen LogP contribution in [-0.2, 0) is 4.79 Å². The minimum atomic E-state index is -0.698. The molecule has 0 saturated carbocycles. The summed E-state index contributed by atoms with van der Waals surface area (Å²) >= 11 is 0. The van der Waals surface area contributed by atoms with E-state index in [1.165, 1.54) is 51.4 Å². The molecule has 0 saturated heterocycles. The van der Waals surface area contributed by atoms with Gasteiger partial charge in [-0.3, -0.25) is 9.69 Å². The van der Waals surface area contributed by atoms with E-state index < -0.39 is 5.97 Å². The van der Waals surface area contributed by atoms with Gasteiger partial charge in [0.1, 0.15) is 0 Å². The third-order valence-corrected chi connectivity index (χ3v) is 5.68. The van der Waals surface area contributed by atoms with Crippen LogP contribution in [0.5, 0.6) is 0 Å². The van der Waals surface area contributed by atoms with Crippen LogP contribution in [0.1, 0.15) is 105 Å². The van der Waals surface area contributed by atoms with Gasteiger partial charge in [0.25, 0.3) is 0 Å². The summed E-state index contributed by atoms with van der Waals surface area (Å²) in [6.45, 7) is 11.0. The molecule has 29 heavy (non-hydrogen) atoms. The van der Waals surface area contributed by atoms with E-state index in [0.717, 1.165) is 38.8 Å². The Morgan fingerprint density at radius 2 is 1.21 bits per heavy atom. The lowest BCUT2D eigenvalue weighted by atomic mass is 9.98. The number of carbonyl (C=O) groups is 1. The summed E-state index contributed by atoms with van der Waals surface area (Å²) < 4.78 is 0. The van der Waals surface area contributed by atoms with E-state index in [9.17, 15) is 9.90 Å². The maximum atomic E-state index is 11.2. The Labute approximate surface area is 181 Å². The van der Waals surface area contributed by atoms with Gasteiger partial charge in [-0.1, -0.05) is 77.7 Å². The number of unbranched alkanes of at least 4 members (excludes halogenated alkanes) is 4. The molecule has 0 aliphatic heterocycles. The summed E-state index contributed by atoms with van der Waals surface area (Å²) in [6, 6.07) is 0. The molecule has 1 N–H and O–H groups in total. The molecule has 0 amide bonds. The number of hydrogen-bond donors (Lipinski definition) is 1. The Hall–Kier alpha value is -1.09.